The third kappa shape index (κ3) is 2.99. The van der Waals surface area contributed by atoms with E-state index in [1.807, 2.05) is 20.8 Å². The third-order valence-electron chi connectivity index (χ3n) is 1.54. The Morgan fingerprint density at radius 3 is 2.17 bits per heavy atom. The van der Waals surface area contributed by atoms with Crippen molar-refractivity contribution in [1.82, 2.24) is 10.2 Å². The highest BCUT2D eigenvalue weighted by Crippen LogP contribution is 2.03. The van der Waals surface area contributed by atoms with Crippen molar-refractivity contribution in [1.29, 1.82) is 0 Å². The van der Waals surface area contributed by atoms with Crippen LogP contribution in [-0.2, 0) is 6.42 Å². The number of rotatable bonds is 1. The van der Waals surface area contributed by atoms with Crippen molar-refractivity contribution in [2.75, 3.05) is 0 Å². The van der Waals surface area contributed by atoms with Crippen LogP contribution in [0.15, 0.2) is 6.07 Å². The van der Waals surface area contributed by atoms with Crippen LogP contribution in [0.5, 0.6) is 0 Å². The first-order valence-electron chi connectivity index (χ1n) is 4.54. The van der Waals surface area contributed by atoms with Gasteiger partial charge in [0.1, 0.15) is 0 Å². The predicted molar refractivity (Wildman–Crippen MR) is 52.2 cm³/mol. The minimum absolute atomic E-state index is 0.971. The van der Waals surface area contributed by atoms with Crippen LogP contribution >= 0.6 is 0 Å². The Morgan fingerprint density at radius 2 is 1.75 bits per heavy atom. The van der Waals surface area contributed by atoms with Crippen LogP contribution in [0.3, 0.4) is 0 Å². The zero-order valence-electron chi connectivity index (χ0n) is 8.68. The van der Waals surface area contributed by atoms with Crippen molar-refractivity contribution in [3.05, 3.63) is 23.0 Å². The number of hydrogen-bond donors (Lipinski definition) is 0. The molecule has 1 rings (SSSR count). The second kappa shape index (κ2) is 5.70. The molecule has 0 aliphatic carbocycles. The minimum atomic E-state index is 0.971. The number of aryl methyl sites for hydroxylation is 3. The van der Waals surface area contributed by atoms with Gasteiger partial charge in [0.15, 0.2) is 0 Å². The van der Waals surface area contributed by atoms with Crippen LogP contribution in [0.2, 0.25) is 0 Å². The summed E-state index contributed by atoms with van der Waals surface area (Å²) in [7, 11) is 0. The zero-order chi connectivity index (χ0) is 9.56. The van der Waals surface area contributed by atoms with Gasteiger partial charge in [0, 0.05) is 0 Å². The number of nitrogens with zero attached hydrogens (tertiary/aromatic N) is 2. The summed E-state index contributed by atoms with van der Waals surface area (Å²) in [6, 6.07) is 2.06. The van der Waals surface area contributed by atoms with Gasteiger partial charge in [-0.05, 0) is 31.9 Å². The summed E-state index contributed by atoms with van der Waals surface area (Å²) in [5, 5.41) is 8.01. The molecular weight excluding hydrogens is 148 g/mol. The molecule has 2 heteroatoms. The molecule has 0 aromatic carbocycles. The van der Waals surface area contributed by atoms with E-state index in [2.05, 4.69) is 30.1 Å². The fourth-order valence-corrected chi connectivity index (χ4v) is 0.993. The van der Waals surface area contributed by atoms with E-state index in [-0.39, 0.29) is 0 Å². The SMILES string of the molecule is CC.CCc1nnc(C)cc1C. The van der Waals surface area contributed by atoms with Gasteiger partial charge in [-0.25, -0.2) is 0 Å². The van der Waals surface area contributed by atoms with Crippen LogP contribution in [-0.4, -0.2) is 10.2 Å². The van der Waals surface area contributed by atoms with Crippen LogP contribution in [0, 0.1) is 13.8 Å². The molecule has 12 heavy (non-hydrogen) atoms. The molecule has 0 saturated carbocycles. The molecule has 0 radical (unpaired) electrons. The third-order valence-corrected chi connectivity index (χ3v) is 1.54. The first-order chi connectivity index (χ1) is 5.74. The van der Waals surface area contributed by atoms with Crippen molar-refractivity contribution in [3.63, 3.8) is 0 Å². The van der Waals surface area contributed by atoms with Crippen LogP contribution < -0.4 is 0 Å². The average molecular weight is 166 g/mol. The molecule has 0 aliphatic rings. The molecule has 0 atom stereocenters. The molecule has 1 aromatic rings. The number of aromatic nitrogens is 2. The first kappa shape index (κ1) is 11.1. The molecule has 1 heterocycles. The molecule has 0 unspecified atom stereocenters. The van der Waals surface area contributed by atoms with E-state index >= 15 is 0 Å². The lowest BCUT2D eigenvalue weighted by atomic mass is 10.2. The van der Waals surface area contributed by atoms with Crippen molar-refractivity contribution < 1.29 is 0 Å². The van der Waals surface area contributed by atoms with Crippen LogP contribution in [0.1, 0.15) is 37.7 Å². The zero-order valence-corrected chi connectivity index (χ0v) is 8.68. The van der Waals surface area contributed by atoms with Gasteiger partial charge in [-0.2, -0.15) is 10.2 Å². The summed E-state index contributed by atoms with van der Waals surface area (Å²) in [5.41, 5.74) is 3.34. The highest BCUT2D eigenvalue weighted by atomic mass is 15.1. The summed E-state index contributed by atoms with van der Waals surface area (Å²) < 4.78 is 0. The van der Waals surface area contributed by atoms with Crippen molar-refractivity contribution in [2.45, 2.75) is 41.0 Å². The maximum Gasteiger partial charge on any atom is 0.0657 e. The molecule has 68 valence electrons. The van der Waals surface area contributed by atoms with Crippen LogP contribution in [0.4, 0.5) is 0 Å². The normalized spacial score (nSPS) is 8.75. The summed E-state index contributed by atoms with van der Waals surface area (Å²) in [4.78, 5) is 0. The number of hydrogen-bond acceptors (Lipinski definition) is 2. The first-order valence-corrected chi connectivity index (χ1v) is 4.54. The maximum absolute atomic E-state index is 4.05. The Kier molecular flexibility index (Phi) is 5.26. The smallest absolute Gasteiger partial charge is 0.0657 e. The fraction of sp³-hybridized carbons (Fsp3) is 0.600. The highest BCUT2D eigenvalue weighted by molar-refractivity contribution is 5.18. The molecule has 0 saturated heterocycles. The Hall–Kier alpha value is -0.920. The van der Waals surface area contributed by atoms with Gasteiger partial charge < -0.3 is 0 Å². The highest BCUT2D eigenvalue weighted by Gasteiger charge is 1.96. The predicted octanol–water partition coefficient (Wildman–Crippen LogP) is 2.68. The largest absolute Gasteiger partial charge is 0.156 e. The lowest BCUT2D eigenvalue weighted by molar-refractivity contribution is 0.876. The summed E-state index contributed by atoms with van der Waals surface area (Å²) in [5.74, 6) is 0. The summed E-state index contributed by atoms with van der Waals surface area (Å²) in [6.07, 6.45) is 0.971. The van der Waals surface area contributed by atoms with Gasteiger partial charge in [0.2, 0.25) is 0 Å². The van der Waals surface area contributed by atoms with Gasteiger partial charge in [-0.3, -0.25) is 0 Å². The van der Waals surface area contributed by atoms with E-state index in [9.17, 15) is 0 Å². The molecule has 0 bridgehead atoms. The Morgan fingerprint density at radius 1 is 1.17 bits per heavy atom. The quantitative estimate of drug-likeness (QED) is 0.641. The molecular formula is C10H18N2. The second-order valence-electron chi connectivity index (χ2n) is 2.47. The molecule has 0 N–H and O–H groups in total. The fourth-order valence-electron chi connectivity index (χ4n) is 0.993. The van der Waals surface area contributed by atoms with Gasteiger partial charge in [0.25, 0.3) is 0 Å². The van der Waals surface area contributed by atoms with E-state index in [4.69, 9.17) is 0 Å². The molecule has 1 aromatic heterocycles. The Bertz CT molecular complexity index is 231. The van der Waals surface area contributed by atoms with Crippen molar-refractivity contribution in [3.8, 4) is 0 Å². The van der Waals surface area contributed by atoms with Crippen LogP contribution in [0.25, 0.3) is 0 Å². The van der Waals surface area contributed by atoms with Crippen molar-refractivity contribution >= 4 is 0 Å². The molecule has 0 amide bonds. The van der Waals surface area contributed by atoms with E-state index in [0.29, 0.717) is 0 Å². The van der Waals surface area contributed by atoms with E-state index in [1.54, 1.807) is 0 Å². The van der Waals surface area contributed by atoms with E-state index < -0.39 is 0 Å². The molecule has 2 nitrogen and oxygen atoms in total. The molecule has 0 aliphatic heterocycles. The molecule has 0 spiro atoms. The summed E-state index contributed by atoms with van der Waals surface area (Å²) in [6.45, 7) is 10.1. The lowest BCUT2D eigenvalue weighted by Gasteiger charge is -1.99. The molecule has 0 fully saturated rings. The minimum Gasteiger partial charge on any atom is -0.156 e. The van der Waals surface area contributed by atoms with Gasteiger partial charge in [-0.1, -0.05) is 20.8 Å². The monoisotopic (exact) mass is 166 g/mol. The van der Waals surface area contributed by atoms with E-state index in [1.165, 1.54) is 5.56 Å². The maximum atomic E-state index is 4.05. The average Bonchev–Trinajstić information content (AvgIpc) is 2.08. The van der Waals surface area contributed by atoms with Crippen molar-refractivity contribution in [2.24, 2.45) is 0 Å². The van der Waals surface area contributed by atoms with Gasteiger partial charge in [-0.15, -0.1) is 0 Å². The van der Waals surface area contributed by atoms with E-state index in [0.717, 1.165) is 17.8 Å². The lowest BCUT2D eigenvalue weighted by Crippen LogP contribution is -1.96. The standard InChI is InChI=1S/C8H12N2.C2H6/c1-4-8-6(2)5-7(3)9-10-8;1-2/h5H,4H2,1-3H3;1-2H3. The Balaban J connectivity index is 0.000000561. The summed E-state index contributed by atoms with van der Waals surface area (Å²) >= 11 is 0. The van der Waals surface area contributed by atoms with Gasteiger partial charge in [0.05, 0.1) is 11.4 Å². The topological polar surface area (TPSA) is 25.8 Å². The van der Waals surface area contributed by atoms with Gasteiger partial charge >= 0.3 is 0 Å². The Labute approximate surface area is 75.0 Å². The second-order valence-corrected chi connectivity index (χ2v) is 2.47.